The Kier molecular flexibility index (Phi) is 7.10. The second-order valence-corrected chi connectivity index (χ2v) is 6.65. The molecule has 0 saturated heterocycles. The summed E-state index contributed by atoms with van der Waals surface area (Å²) in [5.41, 5.74) is 0.833. The maximum Gasteiger partial charge on any atom is 0.240 e. The summed E-state index contributed by atoms with van der Waals surface area (Å²) in [4.78, 5) is 2.09. The first-order chi connectivity index (χ1) is 9.90. The minimum absolute atomic E-state index is 0.241. The lowest BCUT2D eigenvalue weighted by Crippen LogP contribution is -2.31. The Bertz CT molecular complexity index is 516. The van der Waals surface area contributed by atoms with Gasteiger partial charge in [-0.1, -0.05) is 6.92 Å². The van der Waals surface area contributed by atoms with Gasteiger partial charge < -0.3 is 14.7 Å². The van der Waals surface area contributed by atoms with E-state index in [1.54, 1.807) is 24.3 Å². The summed E-state index contributed by atoms with van der Waals surface area (Å²) in [6.45, 7) is 3.00. The van der Waals surface area contributed by atoms with Crippen molar-refractivity contribution in [2.24, 2.45) is 0 Å². The van der Waals surface area contributed by atoms with Crippen molar-refractivity contribution in [2.45, 2.75) is 24.3 Å². The molecule has 1 aromatic rings. The number of nitrogens with one attached hydrogen (secondary N) is 1. The third kappa shape index (κ3) is 5.62. The molecule has 0 saturated carbocycles. The lowest BCUT2D eigenvalue weighted by atomic mass is 10.2. The van der Waals surface area contributed by atoms with Gasteiger partial charge in [-0.25, -0.2) is 13.1 Å². The van der Waals surface area contributed by atoms with Crippen LogP contribution in [0.5, 0.6) is 0 Å². The molecule has 21 heavy (non-hydrogen) atoms. The fourth-order valence-electron chi connectivity index (χ4n) is 1.87. The molecular weight excluding hydrogens is 292 g/mol. The van der Waals surface area contributed by atoms with Crippen LogP contribution >= 0.6 is 0 Å². The zero-order valence-electron chi connectivity index (χ0n) is 12.7. The number of anilines is 1. The SMILES string of the molecule is CCCNS(=O)(=O)c1ccc(N(C)CC(O)COC)cc1. The summed E-state index contributed by atoms with van der Waals surface area (Å²) >= 11 is 0. The Hall–Kier alpha value is -1.15. The molecule has 7 heteroatoms. The number of sulfonamides is 1. The quantitative estimate of drug-likeness (QED) is 0.705. The monoisotopic (exact) mass is 316 g/mol. The number of hydrogen-bond donors (Lipinski definition) is 2. The zero-order chi connectivity index (χ0) is 15.9. The maximum atomic E-state index is 12.0. The molecule has 0 radical (unpaired) electrons. The van der Waals surface area contributed by atoms with Crippen molar-refractivity contribution in [1.82, 2.24) is 4.72 Å². The number of nitrogens with zero attached hydrogens (tertiary/aromatic N) is 1. The molecule has 1 atom stereocenters. The first-order valence-electron chi connectivity index (χ1n) is 6.88. The standard InChI is InChI=1S/C14H24N2O4S/c1-4-9-15-21(18,19)14-7-5-12(6-8-14)16(2)10-13(17)11-20-3/h5-8,13,15,17H,4,9-11H2,1-3H3. The number of likely N-dealkylation sites (N-methyl/N-ethyl adjacent to an activating group) is 1. The zero-order valence-corrected chi connectivity index (χ0v) is 13.6. The van der Waals surface area contributed by atoms with Crippen LogP contribution in [0.1, 0.15) is 13.3 Å². The van der Waals surface area contributed by atoms with Crippen molar-refractivity contribution >= 4 is 15.7 Å². The van der Waals surface area contributed by atoms with Crippen LogP contribution in [0.15, 0.2) is 29.2 Å². The maximum absolute atomic E-state index is 12.0. The first kappa shape index (κ1) is 17.9. The van der Waals surface area contributed by atoms with Crippen LogP contribution in [-0.2, 0) is 14.8 Å². The van der Waals surface area contributed by atoms with E-state index in [0.717, 1.165) is 12.1 Å². The summed E-state index contributed by atoms with van der Waals surface area (Å²) in [6.07, 6.45) is 0.159. The highest BCUT2D eigenvalue weighted by atomic mass is 32.2. The largest absolute Gasteiger partial charge is 0.389 e. The Morgan fingerprint density at radius 2 is 1.95 bits per heavy atom. The second kappa shape index (κ2) is 8.33. The molecule has 0 aromatic heterocycles. The van der Waals surface area contributed by atoms with E-state index in [9.17, 15) is 13.5 Å². The number of benzene rings is 1. The van der Waals surface area contributed by atoms with Gasteiger partial charge in [0.25, 0.3) is 0 Å². The summed E-state index contributed by atoms with van der Waals surface area (Å²) in [5, 5.41) is 9.69. The molecule has 1 rings (SSSR count). The Morgan fingerprint density at radius 3 is 2.48 bits per heavy atom. The molecule has 2 N–H and O–H groups in total. The van der Waals surface area contributed by atoms with E-state index in [0.29, 0.717) is 13.1 Å². The molecule has 0 spiro atoms. The van der Waals surface area contributed by atoms with Gasteiger partial charge in [0.2, 0.25) is 10.0 Å². The third-order valence-corrected chi connectivity index (χ3v) is 4.45. The minimum atomic E-state index is -3.43. The lowest BCUT2D eigenvalue weighted by molar-refractivity contribution is 0.0695. The van der Waals surface area contributed by atoms with E-state index in [4.69, 9.17) is 4.74 Å². The summed E-state index contributed by atoms with van der Waals surface area (Å²) < 4.78 is 31.3. The molecule has 120 valence electrons. The third-order valence-electron chi connectivity index (χ3n) is 2.97. The van der Waals surface area contributed by atoms with Crippen LogP contribution in [0.3, 0.4) is 0 Å². The van der Waals surface area contributed by atoms with Gasteiger partial charge in [0.1, 0.15) is 0 Å². The average molecular weight is 316 g/mol. The van der Waals surface area contributed by atoms with Crippen molar-refractivity contribution in [1.29, 1.82) is 0 Å². The van der Waals surface area contributed by atoms with Crippen molar-refractivity contribution in [3.8, 4) is 0 Å². The molecule has 6 nitrogen and oxygen atoms in total. The fraction of sp³-hybridized carbons (Fsp3) is 0.571. The molecule has 0 fully saturated rings. The first-order valence-corrected chi connectivity index (χ1v) is 8.37. The molecule has 0 bridgehead atoms. The Balaban J connectivity index is 2.73. The van der Waals surface area contributed by atoms with Crippen LogP contribution in [-0.4, -0.2) is 53.5 Å². The predicted molar refractivity (Wildman–Crippen MR) is 83.1 cm³/mol. The van der Waals surface area contributed by atoms with Crippen LogP contribution in [0, 0.1) is 0 Å². The van der Waals surface area contributed by atoms with Gasteiger partial charge in [-0.2, -0.15) is 0 Å². The van der Waals surface area contributed by atoms with E-state index in [2.05, 4.69) is 4.72 Å². The van der Waals surface area contributed by atoms with Gasteiger partial charge in [-0.15, -0.1) is 0 Å². The molecule has 0 aliphatic rings. The van der Waals surface area contributed by atoms with E-state index in [1.165, 1.54) is 7.11 Å². The van der Waals surface area contributed by atoms with Gasteiger partial charge in [-0.3, -0.25) is 0 Å². The smallest absolute Gasteiger partial charge is 0.240 e. The fourth-order valence-corrected chi connectivity index (χ4v) is 3.00. The van der Waals surface area contributed by atoms with Crippen molar-refractivity contribution < 1.29 is 18.3 Å². The van der Waals surface area contributed by atoms with Gasteiger partial charge in [0.15, 0.2) is 0 Å². The van der Waals surface area contributed by atoms with Gasteiger partial charge in [0.05, 0.1) is 17.6 Å². The van der Waals surface area contributed by atoms with E-state index in [-0.39, 0.29) is 11.5 Å². The number of methoxy groups -OCH3 is 1. The molecule has 0 aliphatic heterocycles. The average Bonchev–Trinajstić information content (AvgIpc) is 2.45. The van der Waals surface area contributed by atoms with Gasteiger partial charge >= 0.3 is 0 Å². The summed E-state index contributed by atoms with van der Waals surface area (Å²) in [7, 11) is -0.0695. The topological polar surface area (TPSA) is 78.9 Å². The number of ether oxygens (including phenoxy) is 1. The Labute approximate surface area is 126 Å². The molecule has 1 unspecified atom stereocenters. The Morgan fingerprint density at radius 1 is 1.33 bits per heavy atom. The summed E-state index contributed by atoms with van der Waals surface area (Å²) in [6, 6.07) is 6.57. The normalized spacial score (nSPS) is 13.1. The number of rotatable bonds is 9. The highest BCUT2D eigenvalue weighted by molar-refractivity contribution is 7.89. The number of aliphatic hydroxyl groups is 1. The van der Waals surface area contributed by atoms with E-state index in [1.807, 2.05) is 18.9 Å². The van der Waals surface area contributed by atoms with Crippen LogP contribution in [0.4, 0.5) is 5.69 Å². The molecule has 0 amide bonds. The van der Waals surface area contributed by atoms with Crippen LogP contribution < -0.4 is 9.62 Å². The highest BCUT2D eigenvalue weighted by Crippen LogP contribution is 2.17. The van der Waals surface area contributed by atoms with Crippen molar-refractivity contribution in [3.05, 3.63) is 24.3 Å². The molecule has 0 heterocycles. The molecule has 0 aliphatic carbocycles. The molecular formula is C14H24N2O4S. The summed E-state index contributed by atoms with van der Waals surface area (Å²) in [5.74, 6) is 0. The van der Waals surface area contributed by atoms with Crippen molar-refractivity contribution in [2.75, 3.05) is 38.8 Å². The highest BCUT2D eigenvalue weighted by Gasteiger charge is 2.14. The number of hydrogen-bond acceptors (Lipinski definition) is 5. The predicted octanol–water partition coefficient (Wildman–Crippen LogP) is 0.818. The lowest BCUT2D eigenvalue weighted by Gasteiger charge is -2.22. The number of aliphatic hydroxyl groups excluding tert-OH is 1. The van der Waals surface area contributed by atoms with Crippen molar-refractivity contribution in [3.63, 3.8) is 0 Å². The second-order valence-electron chi connectivity index (χ2n) is 4.88. The van der Waals surface area contributed by atoms with Gasteiger partial charge in [-0.05, 0) is 30.7 Å². The van der Waals surface area contributed by atoms with Gasteiger partial charge in [0, 0.05) is 32.9 Å². The van der Waals surface area contributed by atoms with E-state index >= 15 is 0 Å². The van der Waals surface area contributed by atoms with Crippen LogP contribution in [0.25, 0.3) is 0 Å². The van der Waals surface area contributed by atoms with Crippen LogP contribution in [0.2, 0.25) is 0 Å². The minimum Gasteiger partial charge on any atom is -0.389 e. The molecule has 1 aromatic carbocycles. The van der Waals surface area contributed by atoms with E-state index < -0.39 is 16.1 Å².